The molecule has 2 N–H and O–H groups in total. The van der Waals surface area contributed by atoms with Gasteiger partial charge in [-0.25, -0.2) is 4.79 Å². The molecule has 1 aromatic heterocycles. The molecule has 0 radical (unpaired) electrons. The molecule has 6 aromatic rings. The maximum absolute atomic E-state index is 14.4. The Hall–Kier alpha value is -5.58. The van der Waals surface area contributed by atoms with Gasteiger partial charge in [-0.05, 0) is 119 Å². The number of rotatable bonds is 13. The summed E-state index contributed by atoms with van der Waals surface area (Å²) in [6.07, 6.45) is 2.72. The Kier molecular flexibility index (Phi) is 14.1. The summed E-state index contributed by atoms with van der Waals surface area (Å²) in [4.78, 5) is 33.7. The lowest BCUT2D eigenvalue weighted by Gasteiger charge is -2.42. The SMILES string of the molecule is CCC(c1ccccc1)N1Cc2cc3c(cc2C[C@H]1C(=O)NC(Cc1ccc(-c2ccnc(C)c2C)cc1)C(=O)O)OC[C@H](c1ccc(OCc2ccc(Cl)c(Cl)c2)cc1)O3.Cl. The minimum absolute atomic E-state index is 0. The highest BCUT2D eigenvalue weighted by molar-refractivity contribution is 6.42. The summed E-state index contributed by atoms with van der Waals surface area (Å²) in [6, 6.07) is 35.3. The van der Waals surface area contributed by atoms with Gasteiger partial charge in [-0.1, -0.05) is 103 Å². The van der Waals surface area contributed by atoms with E-state index >= 15 is 0 Å². The maximum Gasteiger partial charge on any atom is 0.326 e. The third kappa shape index (κ3) is 9.87. The molecular weight excluding hydrogens is 845 g/mol. The van der Waals surface area contributed by atoms with Crippen molar-refractivity contribution in [3.05, 3.63) is 176 Å². The van der Waals surface area contributed by atoms with E-state index in [0.717, 1.165) is 62.2 Å². The molecule has 0 fully saturated rings. The summed E-state index contributed by atoms with van der Waals surface area (Å²) < 4.78 is 18.9. The molecule has 9 nitrogen and oxygen atoms in total. The van der Waals surface area contributed by atoms with E-state index < -0.39 is 18.1 Å². The number of hydrogen-bond donors (Lipinski definition) is 2. The molecule has 0 saturated carbocycles. The van der Waals surface area contributed by atoms with Gasteiger partial charge in [0.1, 0.15) is 25.0 Å². The third-order valence-electron chi connectivity index (χ3n) is 11.8. The van der Waals surface area contributed by atoms with Gasteiger partial charge in [0.25, 0.3) is 0 Å². The number of ether oxygens (including phenoxy) is 3. The number of aryl methyl sites for hydroxylation is 1. The Morgan fingerprint density at radius 3 is 2.32 bits per heavy atom. The fraction of sp³-hybridized carbons (Fsp3) is 0.260. The van der Waals surface area contributed by atoms with Gasteiger partial charge >= 0.3 is 5.97 Å². The van der Waals surface area contributed by atoms with Crippen LogP contribution in [0.2, 0.25) is 10.0 Å². The van der Waals surface area contributed by atoms with Crippen LogP contribution in [0, 0.1) is 13.8 Å². The predicted octanol–water partition coefficient (Wildman–Crippen LogP) is 10.9. The molecule has 2 aliphatic rings. The summed E-state index contributed by atoms with van der Waals surface area (Å²) in [7, 11) is 0. The van der Waals surface area contributed by atoms with Crippen molar-refractivity contribution in [2.45, 2.75) is 77.4 Å². The molecule has 4 atom stereocenters. The number of amides is 1. The minimum atomic E-state index is -1.12. The van der Waals surface area contributed by atoms with Crippen LogP contribution in [-0.4, -0.2) is 45.6 Å². The summed E-state index contributed by atoms with van der Waals surface area (Å²) in [5.41, 5.74) is 9.92. The van der Waals surface area contributed by atoms with Crippen molar-refractivity contribution in [1.29, 1.82) is 0 Å². The lowest BCUT2D eigenvalue weighted by Crippen LogP contribution is -2.55. The number of pyridine rings is 1. The van der Waals surface area contributed by atoms with Crippen molar-refractivity contribution in [3.8, 4) is 28.4 Å². The molecule has 8 rings (SSSR count). The second-order valence-corrected chi connectivity index (χ2v) is 16.5. The Balaban J connectivity index is 0.00000578. The summed E-state index contributed by atoms with van der Waals surface area (Å²) in [5, 5.41) is 14.3. The number of nitrogens with one attached hydrogen (secondary N) is 1. The highest BCUT2D eigenvalue weighted by atomic mass is 35.5. The molecule has 2 aliphatic heterocycles. The van der Waals surface area contributed by atoms with Gasteiger partial charge in [0, 0.05) is 30.9 Å². The van der Waals surface area contributed by atoms with Crippen molar-refractivity contribution >= 4 is 47.5 Å². The van der Waals surface area contributed by atoms with E-state index in [0.29, 0.717) is 53.5 Å². The standard InChI is InChI=1S/C50H47Cl2N3O6.ClH/c1-4-44(35-8-6-5-7-9-35)55-27-38-26-47-46(60-29-48(61-47)36-15-17-39(18-16-36)59-28-33-12-19-41(51)42(52)22-33)25-37(38)24-45(55)49(56)54-43(50(57)58)23-32-10-13-34(14-11-32)40-20-21-53-31(3)30(40)2;/h5-22,25-26,43-45,48H,4,23-24,27-29H2,1-3H3,(H,54,56)(H,57,58);1H/t43?,44?,45-,48+;/m0./s1. The molecular formula is C50H48Cl3N3O6. The van der Waals surface area contributed by atoms with Crippen LogP contribution in [-0.2, 0) is 35.6 Å². The van der Waals surface area contributed by atoms with Crippen molar-refractivity contribution in [1.82, 2.24) is 15.2 Å². The second kappa shape index (κ2) is 19.6. The highest BCUT2D eigenvalue weighted by Crippen LogP contribution is 2.43. The molecule has 3 heterocycles. The van der Waals surface area contributed by atoms with Gasteiger partial charge in [-0.15, -0.1) is 12.4 Å². The second-order valence-electron chi connectivity index (χ2n) is 15.7. The van der Waals surface area contributed by atoms with Gasteiger partial charge < -0.3 is 24.6 Å². The minimum Gasteiger partial charge on any atom is -0.489 e. The zero-order chi connectivity index (χ0) is 42.6. The molecule has 62 heavy (non-hydrogen) atoms. The fourth-order valence-corrected chi connectivity index (χ4v) is 8.62. The van der Waals surface area contributed by atoms with Crippen molar-refractivity contribution in [2.24, 2.45) is 0 Å². The van der Waals surface area contributed by atoms with E-state index in [-0.39, 0.29) is 36.9 Å². The van der Waals surface area contributed by atoms with Gasteiger partial charge in [0.15, 0.2) is 17.6 Å². The van der Waals surface area contributed by atoms with Gasteiger partial charge in [0.05, 0.1) is 16.1 Å². The molecule has 2 unspecified atom stereocenters. The van der Waals surface area contributed by atoms with Crippen LogP contribution < -0.4 is 19.5 Å². The molecule has 320 valence electrons. The largest absolute Gasteiger partial charge is 0.489 e. The van der Waals surface area contributed by atoms with E-state index in [1.54, 1.807) is 18.3 Å². The Labute approximate surface area is 378 Å². The van der Waals surface area contributed by atoms with E-state index in [2.05, 4.69) is 34.3 Å². The Bertz CT molecular complexity index is 2540. The normalized spacial score (nSPS) is 16.6. The number of halogens is 3. The van der Waals surface area contributed by atoms with Crippen LogP contribution in [0.3, 0.4) is 0 Å². The number of carbonyl (C=O) groups excluding carboxylic acids is 1. The van der Waals surface area contributed by atoms with Crippen LogP contribution in [0.15, 0.2) is 121 Å². The maximum atomic E-state index is 14.4. The number of benzene rings is 5. The number of hydrogen-bond acceptors (Lipinski definition) is 7. The third-order valence-corrected chi connectivity index (χ3v) is 12.5. The zero-order valence-electron chi connectivity index (χ0n) is 34.6. The molecule has 1 amide bonds. The number of carboxylic acid groups (broad SMARTS) is 1. The van der Waals surface area contributed by atoms with E-state index in [1.807, 2.05) is 105 Å². The van der Waals surface area contributed by atoms with Crippen LogP contribution in [0.5, 0.6) is 17.2 Å². The van der Waals surface area contributed by atoms with Crippen LogP contribution in [0.1, 0.15) is 70.1 Å². The van der Waals surface area contributed by atoms with Crippen LogP contribution in [0.25, 0.3) is 11.1 Å². The Morgan fingerprint density at radius 2 is 1.61 bits per heavy atom. The number of fused-ring (bicyclic) bond motifs is 2. The lowest BCUT2D eigenvalue weighted by molar-refractivity contribution is -0.143. The van der Waals surface area contributed by atoms with E-state index in [4.69, 9.17) is 37.4 Å². The lowest BCUT2D eigenvalue weighted by atomic mass is 9.89. The van der Waals surface area contributed by atoms with Crippen LogP contribution >= 0.6 is 35.6 Å². The van der Waals surface area contributed by atoms with Crippen molar-refractivity contribution in [3.63, 3.8) is 0 Å². The van der Waals surface area contributed by atoms with Gasteiger partial charge in [-0.3, -0.25) is 14.7 Å². The summed E-state index contributed by atoms with van der Waals surface area (Å²) in [6.45, 7) is 7.25. The smallest absolute Gasteiger partial charge is 0.326 e. The number of carbonyl (C=O) groups is 2. The first-order chi connectivity index (χ1) is 29.5. The molecule has 0 spiro atoms. The molecule has 0 bridgehead atoms. The monoisotopic (exact) mass is 891 g/mol. The van der Waals surface area contributed by atoms with Crippen LogP contribution in [0.4, 0.5) is 0 Å². The number of carboxylic acids is 1. The average molecular weight is 893 g/mol. The average Bonchev–Trinajstić information content (AvgIpc) is 3.27. The molecule has 5 aromatic carbocycles. The molecule has 0 saturated heterocycles. The molecule has 0 aliphatic carbocycles. The predicted molar refractivity (Wildman–Crippen MR) is 245 cm³/mol. The first kappa shape index (κ1) is 44.5. The fourth-order valence-electron chi connectivity index (χ4n) is 8.30. The van der Waals surface area contributed by atoms with E-state index in [1.165, 1.54) is 0 Å². The number of nitrogens with zero attached hydrogens (tertiary/aromatic N) is 2. The van der Waals surface area contributed by atoms with Crippen molar-refractivity contribution in [2.75, 3.05) is 6.61 Å². The topological polar surface area (TPSA) is 110 Å². The number of aliphatic carboxylic acids is 1. The van der Waals surface area contributed by atoms with Gasteiger partial charge in [-0.2, -0.15) is 0 Å². The van der Waals surface area contributed by atoms with Crippen molar-refractivity contribution < 1.29 is 28.9 Å². The quantitative estimate of drug-likeness (QED) is 0.118. The first-order valence-electron chi connectivity index (χ1n) is 20.5. The molecule has 12 heteroatoms. The first-order valence-corrected chi connectivity index (χ1v) is 21.3. The number of aromatic nitrogens is 1. The summed E-state index contributed by atoms with van der Waals surface area (Å²) >= 11 is 12.2. The zero-order valence-corrected chi connectivity index (χ0v) is 37.0. The highest BCUT2D eigenvalue weighted by Gasteiger charge is 2.39. The summed E-state index contributed by atoms with van der Waals surface area (Å²) in [5.74, 6) is 0.542. The van der Waals surface area contributed by atoms with E-state index in [9.17, 15) is 14.7 Å². The Morgan fingerprint density at radius 1 is 0.887 bits per heavy atom. The van der Waals surface area contributed by atoms with Gasteiger partial charge in [0.2, 0.25) is 5.91 Å².